The first-order valence-electron chi connectivity index (χ1n) is 9.05. The Kier molecular flexibility index (Phi) is 5.10. The third kappa shape index (κ3) is 3.63. The Hall–Kier alpha value is -3.13. The van der Waals surface area contributed by atoms with Gasteiger partial charge in [0.1, 0.15) is 12.3 Å². The van der Waals surface area contributed by atoms with Crippen LogP contribution in [0.15, 0.2) is 57.8 Å². The van der Waals surface area contributed by atoms with Gasteiger partial charge in [-0.2, -0.15) is 4.98 Å². The number of aryl methyl sites for hydroxylation is 1. The van der Waals surface area contributed by atoms with Gasteiger partial charge in [-0.15, -0.1) is 0 Å². The van der Waals surface area contributed by atoms with Crippen LogP contribution in [0.4, 0.5) is 0 Å². The van der Waals surface area contributed by atoms with E-state index in [1.165, 1.54) is 6.07 Å². The van der Waals surface area contributed by atoms with Gasteiger partial charge < -0.3 is 10.1 Å². The molecule has 0 spiro atoms. The number of carbonyl (C=O) groups excluding carboxylic acids is 1. The summed E-state index contributed by atoms with van der Waals surface area (Å²) in [5.41, 5.74) is 2.68. The third-order valence-electron chi connectivity index (χ3n) is 4.76. The van der Waals surface area contributed by atoms with Crippen molar-refractivity contribution in [3.8, 4) is 5.75 Å². The summed E-state index contributed by atoms with van der Waals surface area (Å²) < 4.78 is 9.92. The standard InChI is InChI=1S/C21H19BrN4O3/c1-13-9-19(27)24-21-16-5-3-4-6-17(16)25(26(13)21)12-20(28)23-11-14-10-15(22)7-8-18(14)29-2/h3-10H,11-12H2,1-2H3,(H,23,28). The Bertz CT molecular complexity index is 1290. The fourth-order valence-electron chi connectivity index (χ4n) is 3.49. The SMILES string of the molecule is COc1ccc(Br)cc1CNC(=O)Cn1c2ccccc2c2nc(=O)cc(C)n21. The van der Waals surface area contributed by atoms with Crippen LogP contribution in [0.25, 0.3) is 16.6 Å². The number of amides is 1. The molecule has 0 saturated carbocycles. The molecular formula is C21H19BrN4O3. The summed E-state index contributed by atoms with van der Waals surface area (Å²) in [6.45, 7) is 2.26. The molecule has 0 unspecified atom stereocenters. The lowest BCUT2D eigenvalue weighted by atomic mass is 10.2. The van der Waals surface area contributed by atoms with Gasteiger partial charge in [0.2, 0.25) is 5.91 Å². The number of nitrogens with one attached hydrogen (secondary N) is 1. The van der Waals surface area contributed by atoms with Crippen LogP contribution in [0.5, 0.6) is 5.75 Å². The molecule has 2 aromatic heterocycles. The molecule has 8 heteroatoms. The van der Waals surface area contributed by atoms with Crippen LogP contribution >= 0.6 is 15.9 Å². The average molecular weight is 455 g/mol. The zero-order valence-corrected chi connectivity index (χ0v) is 17.6. The number of hydrogen-bond acceptors (Lipinski definition) is 4. The van der Waals surface area contributed by atoms with Crippen molar-refractivity contribution in [1.82, 2.24) is 19.5 Å². The Labute approximate surface area is 175 Å². The summed E-state index contributed by atoms with van der Waals surface area (Å²) in [7, 11) is 1.60. The minimum absolute atomic E-state index is 0.0890. The Morgan fingerprint density at radius 3 is 2.79 bits per heavy atom. The molecule has 2 heterocycles. The first-order valence-corrected chi connectivity index (χ1v) is 9.84. The maximum atomic E-state index is 12.8. The van der Waals surface area contributed by atoms with Crippen LogP contribution in [-0.2, 0) is 17.9 Å². The second-order valence-electron chi connectivity index (χ2n) is 6.68. The van der Waals surface area contributed by atoms with Gasteiger partial charge in [0.05, 0.1) is 12.6 Å². The van der Waals surface area contributed by atoms with Gasteiger partial charge in [-0.3, -0.25) is 14.3 Å². The monoisotopic (exact) mass is 454 g/mol. The Morgan fingerprint density at radius 1 is 1.21 bits per heavy atom. The summed E-state index contributed by atoms with van der Waals surface area (Å²) in [5, 5.41) is 3.77. The van der Waals surface area contributed by atoms with Crippen LogP contribution < -0.4 is 15.6 Å². The molecule has 0 atom stereocenters. The molecule has 0 aliphatic carbocycles. The highest BCUT2D eigenvalue weighted by Crippen LogP contribution is 2.23. The summed E-state index contributed by atoms with van der Waals surface area (Å²) >= 11 is 3.44. The smallest absolute Gasteiger partial charge is 0.273 e. The van der Waals surface area contributed by atoms with E-state index >= 15 is 0 Å². The molecule has 148 valence electrons. The number of carbonyl (C=O) groups is 1. The third-order valence-corrected chi connectivity index (χ3v) is 5.25. The molecule has 0 bridgehead atoms. The van der Waals surface area contributed by atoms with Crippen molar-refractivity contribution >= 4 is 38.4 Å². The van der Waals surface area contributed by atoms with E-state index in [1.54, 1.807) is 7.11 Å². The molecule has 29 heavy (non-hydrogen) atoms. The van der Waals surface area contributed by atoms with Gasteiger partial charge in [0, 0.05) is 33.7 Å². The first-order chi connectivity index (χ1) is 14.0. The molecule has 2 aromatic carbocycles. The summed E-state index contributed by atoms with van der Waals surface area (Å²) in [4.78, 5) is 28.8. The minimum Gasteiger partial charge on any atom is -0.496 e. The van der Waals surface area contributed by atoms with Crippen molar-refractivity contribution in [3.63, 3.8) is 0 Å². The number of para-hydroxylation sites is 1. The van der Waals surface area contributed by atoms with E-state index in [0.29, 0.717) is 17.9 Å². The molecule has 0 saturated heterocycles. The summed E-state index contributed by atoms with van der Waals surface area (Å²) in [5.74, 6) is 0.551. The molecule has 4 rings (SSSR count). The van der Waals surface area contributed by atoms with Crippen LogP contribution in [0, 0.1) is 6.92 Å². The lowest BCUT2D eigenvalue weighted by Gasteiger charge is -2.13. The predicted octanol–water partition coefficient (Wildman–Crippen LogP) is 3.05. The highest BCUT2D eigenvalue weighted by Gasteiger charge is 2.16. The molecule has 0 radical (unpaired) electrons. The van der Waals surface area contributed by atoms with Crippen LogP contribution in [0.3, 0.4) is 0 Å². The summed E-state index contributed by atoms with van der Waals surface area (Å²) in [6, 6.07) is 14.7. The topological polar surface area (TPSA) is 77.6 Å². The van der Waals surface area contributed by atoms with E-state index in [0.717, 1.165) is 26.6 Å². The van der Waals surface area contributed by atoms with Gasteiger partial charge in [-0.25, -0.2) is 4.52 Å². The van der Waals surface area contributed by atoms with Crippen molar-refractivity contribution < 1.29 is 9.53 Å². The average Bonchev–Trinajstić information content (AvgIpc) is 3.00. The quantitative estimate of drug-likeness (QED) is 0.502. The van der Waals surface area contributed by atoms with E-state index in [9.17, 15) is 9.59 Å². The van der Waals surface area contributed by atoms with Gasteiger partial charge >= 0.3 is 0 Å². The lowest BCUT2D eigenvalue weighted by Crippen LogP contribution is -2.29. The van der Waals surface area contributed by atoms with Gasteiger partial charge in [-0.05, 0) is 37.3 Å². The second kappa shape index (κ2) is 7.71. The summed E-state index contributed by atoms with van der Waals surface area (Å²) in [6.07, 6.45) is 0. The maximum absolute atomic E-state index is 12.8. The predicted molar refractivity (Wildman–Crippen MR) is 114 cm³/mol. The number of nitrogens with zero attached hydrogens (tertiary/aromatic N) is 3. The van der Waals surface area contributed by atoms with E-state index in [-0.39, 0.29) is 18.0 Å². The number of benzene rings is 2. The van der Waals surface area contributed by atoms with Crippen LogP contribution in [-0.4, -0.2) is 27.2 Å². The molecule has 4 aromatic rings. The van der Waals surface area contributed by atoms with E-state index in [4.69, 9.17) is 4.74 Å². The fraction of sp³-hybridized carbons (Fsp3) is 0.190. The molecule has 0 aliphatic rings. The number of fused-ring (bicyclic) bond motifs is 3. The van der Waals surface area contributed by atoms with Crippen molar-refractivity contribution in [3.05, 3.63) is 74.6 Å². The van der Waals surface area contributed by atoms with Crippen molar-refractivity contribution in [2.24, 2.45) is 0 Å². The zero-order valence-electron chi connectivity index (χ0n) is 16.0. The Morgan fingerprint density at radius 2 is 2.00 bits per heavy atom. The lowest BCUT2D eigenvalue weighted by molar-refractivity contribution is -0.122. The van der Waals surface area contributed by atoms with Crippen molar-refractivity contribution in [2.75, 3.05) is 7.11 Å². The molecule has 0 fully saturated rings. The zero-order chi connectivity index (χ0) is 20.5. The maximum Gasteiger partial charge on any atom is 0.273 e. The molecule has 1 N–H and O–H groups in total. The first kappa shape index (κ1) is 19.2. The van der Waals surface area contributed by atoms with E-state index in [1.807, 2.05) is 58.6 Å². The van der Waals surface area contributed by atoms with E-state index in [2.05, 4.69) is 26.2 Å². The Balaban J connectivity index is 1.66. The van der Waals surface area contributed by atoms with Gasteiger partial charge in [0.15, 0.2) is 5.65 Å². The van der Waals surface area contributed by atoms with Crippen LogP contribution in [0.1, 0.15) is 11.3 Å². The number of aromatic nitrogens is 3. The fourth-order valence-corrected chi connectivity index (χ4v) is 3.90. The largest absolute Gasteiger partial charge is 0.496 e. The van der Waals surface area contributed by atoms with Crippen molar-refractivity contribution in [1.29, 1.82) is 0 Å². The number of methoxy groups -OCH3 is 1. The highest BCUT2D eigenvalue weighted by atomic mass is 79.9. The molecule has 7 nitrogen and oxygen atoms in total. The van der Waals surface area contributed by atoms with Gasteiger partial charge in [0.25, 0.3) is 5.56 Å². The number of rotatable bonds is 5. The minimum atomic E-state index is -0.295. The normalized spacial score (nSPS) is 11.1. The molecular weight excluding hydrogens is 436 g/mol. The molecule has 0 aliphatic heterocycles. The van der Waals surface area contributed by atoms with E-state index < -0.39 is 0 Å². The highest BCUT2D eigenvalue weighted by molar-refractivity contribution is 9.10. The molecule has 1 amide bonds. The second-order valence-corrected chi connectivity index (χ2v) is 7.59. The van der Waals surface area contributed by atoms with Gasteiger partial charge in [-0.1, -0.05) is 28.1 Å². The van der Waals surface area contributed by atoms with Crippen LogP contribution in [0.2, 0.25) is 0 Å². The van der Waals surface area contributed by atoms with Crippen molar-refractivity contribution in [2.45, 2.75) is 20.0 Å². The number of ether oxygens (including phenoxy) is 1. The number of hydrogen-bond donors (Lipinski definition) is 1. The number of halogens is 1.